The summed E-state index contributed by atoms with van der Waals surface area (Å²) in [6.45, 7) is 0.864. The van der Waals surface area contributed by atoms with Crippen LogP contribution < -0.4 is 5.73 Å². The van der Waals surface area contributed by atoms with E-state index in [4.69, 9.17) is 5.73 Å². The van der Waals surface area contributed by atoms with Gasteiger partial charge in [0, 0.05) is 0 Å². The molecular formula is C11H19N. The van der Waals surface area contributed by atoms with Gasteiger partial charge in [0.1, 0.15) is 0 Å². The largest absolute Gasteiger partial charge is 0.330 e. The number of unbranched alkanes of at least 4 members (excludes halogenated alkanes) is 1. The average Bonchev–Trinajstić information content (AvgIpc) is 2.64. The maximum atomic E-state index is 5.49. The van der Waals surface area contributed by atoms with E-state index in [0.29, 0.717) is 5.41 Å². The van der Waals surface area contributed by atoms with Crippen LogP contribution in [0.5, 0.6) is 0 Å². The molecule has 2 aliphatic rings. The van der Waals surface area contributed by atoms with Crippen molar-refractivity contribution in [2.75, 3.05) is 6.54 Å². The number of hydrogen-bond donors (Lipinski definition) is 1. The Labute approximate surface area is 75.0 Å². The highest BCUT2D eigenvalue weighted by atomic mass is 14.5. The highest BCUT2D eigenvalue weighted by Gasteiger charge is 2.39. The Bertz CT molecular complexity index is 185. The molecule has 0 spiro atoms. The van der Waals surface area contributed by atoms with Crippen LogP contribution >= 0.6 is 0 Å². The Morgan fingerprint density at radius 2 is 2.33 bits per heavy atom. The summed E-state index contributed by atoms with van der Waals surface area (Å²) in [7, 11) is 0. The quantitative estimate of drug-likeness (QED) is 0.502. The number of nitrogens with two attached hydrogens (primary N) is 1. The van der Waals surface area contributed by atoms with Gasteiger partial charge < -0.3 is 5.73 Å². The molecule has 1 nitrogen and oxygen atoms in total. The lowest BCUT2D eigenvalue weighted by Gasteiger charge is -2.22. The molecule has 1 saturated carbocycles. The summed E-state index contributed by atoms with van der Waals surface area (Å²) in [5.41, 5.74) is 6.12. The summed E-state index contributed by atoms with van der Waals surface area (Å²) in [6, 6.07) is 0. The molecule has 0 saturated heterocycles. The SMILES string of the molecule is NCCCCC12C=CC(CC1)C2. The second-order valence-electron chi connectivity index (χ2n) is 4.47. The minimum atomic E-state index is 0.625. The molecule has 12 heavy (non-hydrogen) atoms. The van der Waals surface area contributed by atoms with Gasteiger partial charge in [-0.25, -0.2) is 0 Å². The van der Waals surface area contributed by atoms with Crippen molar-refractivity contribution in [3.63, 3.8) is 0 Å². The smallest absolute Gasteiger partial charge is 0.00773 e. The van der Waals surface area contributed by atoms with Gasteiger partial charge in [-0.05, 0) is 50.0 Å². The molecular weight excluding hydrogens is 146 g/mol. The van der Waals surface area contributed by atoms with Crippen LogP contribution in [0.2, 0.25) is 0 Å². The monoisotopic (exact) mass is 165 g/mol. The third-order valence-electron chi connectivity index (χ3n) is 3.53. The van der Waals surface area contributed by atoms with E-state index in [-0.39, 0.29) is 0 Å². The van der Waals surface area contributed by atoms with E-state index in [1.807, 2.05) is 0 Å². The molecule has 0 heterocycles. The number of fused-ring (bicyclic) bond motifs is 2. The minimum absolute atomic E-state index is 0.625. The summed E-state index contributed by atoms with van der Waals surface area (Å²) >= 11 is 0. The first-order valence-electron chi connectivity index (χ1n) is 5.24. The first kappa shape index (κ1) is 8.31. The third-order valence-corrected chi connectivity index (χ3v) is 3.53. The zero-order chi connectivity index (χ0) is 8.44. The molecule has 0 aromatic rings. The molecule has 0 aromatic heterocycles. The Hall–Kier alpha value is -0.300. The van der Waals surface area contributed by atoms with Crippen molar-refractivity contribution in [1.29, 1.82) is 0 Å². The first-order valence-corrected chi connectivity index (χ1v) is 5.24. The molecule has 0 amide bonds. The topological polar surface area (TPSA) is 26.0 Å². The second kappa shape index (κ2) is 3.21. The molecule has 2 atom stereocenters. The Morgan fingerprint density at radius 3 is 2.83 bits per heavy atom. The van der Waals surface area contributed by atoms with Crippen LogP contribution in [0.3, 0.4) is 0 Å². The molecule has 1 fully saturated rings. The number of rotatable bonds is 4. The standard InChI is InChI=1S/C11H19N/c12-8-2-1-5-11-6-3-10(9-11)4-7-11/h3,6,10H,1-2,4-5,7-9,12H2. The van der Waals surface area contributed by atoms with Crippen LogP contribution in [0.4, 0.5) is 0 Å². The molecule has 0 aliphatic heterocycles. The van der Waals surface area contributed by atoms with Gasteiger partial charge in [0.05, 0.1) is 0 Å². The third kappa shape index (κ3) is 1.42. The van der Waals surface area contributed by atoms with E-state index >= 15 is 0 Å². The fraction of sp³-hybridized carbons (Fsp3) is 0.818. The Morgan fingerprint density at radius 1 is 1.42 bits per heavy atom. The summed E-state index contributed by atoms with van der Waals surface area (Å²) < 4.78 is 0. The molecule has 68 valence electrons. The van der Waals surface area contributed by atoms with Crippen molar-refractivity contribution < 1.29 is 0 Å². The fourth-order valence-corrected chi connectivity index (χ4v) is 2.79. The molecule has 1 heteroatoms. The number of hydrogen-bond acceptors (Lipinski definition) is 1. The zero-order valence-electron chi connectivity index (χ0n) is 7.76. The fourth-order valence-electron chi connectivity index (χ4n) is 2.79. The van der Waals surface area contributed by atoms with E-state index in [9.17, 15) is 0 Å². The lowest BCUT2D eigenvalue weighted by Crippen LogP contribution is -2.12. The van der Waals surface area contributed by atoms with Gasteiger partial charge in [0.25, 0.3) is 0 Å². The summed E-state index contributed by atoms with van der Waals surface area (Å²) in [6.07, 6.45) is 13.2. The summed E-state index contributed by atoms with van der Waals surface area (Å²) in [5.74, 6) is 0.933. The zero-order valence-corrected chi connectivity index (χ0v) is 7.76. The van der Waals surface area contributed by atoms with Crippen molar-refractivity contribution in [1.82, 2.24) is 0 Å². The van der Waals surface area contributed by atoms with E-state index in [1.165, 1.54) is 38.5 Å². The molecule has 2 rings (SSSR count). The van der Waals surface area contributed by atoms with Crippen molar-refractivity contribution in [2.24, 2.45) is 17.1 Å². The summed E-state index contributed by atoms with van der Waals surface area (Å²) in [5, 5.41) is 0. The van der Waals surface area contributed by atoms with Crippen molar-refractivity contribution in [3.05, 3.63) is 12.2 Å². The van der Waals surface area contributed by atoms with Crippen LogP contribution in [0.1, 0.15) is 38.5 Å². The van der Waals surface area contributed by atoms with Crippen LogP contribution in [-0.4, -0.2) is 6.54 Å². The van der Waals surface area contributed by atoms with Crippen molar-refractivity contribution in [2.45, 2.75) is 38.5 Å². The molecule has 2 unspecified atom stereocenters. The van der Waals surface area contributed by atoms with Gasteiger partial charge in [-0.2, -0.15) is 0 Å². The lowest BCUT2D eigenvalue weighted by molar-refractivity contribution is 0.355. The van der Waals surface area contributed by atoms with Gasteiger partial charge in [-0.1, -0.05) is 18.6 Å². The maximum Gasteiger partial charge on any atom is -0.00773 e. The van der Waals surface area contributed by atoms with Crippen LogP contribution in [-0.2, 0) is 0 Å². The van der Waals surface area contributed by atoms with E-state index in [0.717, 1.165) is 12.5 Å². The summed E-state index contributed by atoms with van der Waals surface area (Å²) in [4.78, 5) is 0. The van der Waals surface area contributed by atoms with Crippen LogP contribution in [0, 0.1) is 11.3 Å². The van der Waals surface area contributed by atoms with Crippen LogP contribution in [0.25, 0.3) is 0 Å². The molecule has 2 aliphatic carbocycles. The minimum Gasteiger partial charge on any atom is -0.330 e. The van der Waals surface area contributed by atoms with E-state index < -0.39 is 0 Å². The average molecular weight is 165 g/mol. The molecule has 0 aromatic carbocycles. The van der Waals surface area contributed by atoms with Gasteiger partial charge in [-0.15, -0.1) is 0 Å². The highest BCUT2D eigenvalue weighted by Crippen LogP contribution is 2.51. The van der Waals surface area contributed by atoms with Gasteiger partial charge in [0.15, 0.2) is 0 Å². The molecule has 2 bridgehead atoms. The number of allylic oxidation sites excluding steroid dienone is 2. The van der Waals surface area contributed by atoms with E-state index in [2.05, 4.69) is 12.2 Å². The van der Waals surface area contributed by atoms with E-state index in [1.54, 1.807) is 0 Å². The highest BCUT2D eigenvalue weighted by molar-refractivity contribution is 5.15. The van der Waals surface area contributed by atoms with Gasteiger partial charge in [-0.3, -0.25) is 0 Å². The molecule has 0 radical (unpaired) electrons. The maximum absolute atomic E-state index is 5.49. The Kier molecular flexibility index (Phi) is 2.22. The van der Waals surface area contributed by atoms with Gasteiger partial charge in [0.2, 0.25) is 0 Å². The van der Waals surface area contributed by atoms with Crippen molar-refractivity contribution in [3.8, 4) is 0 Å². The predicted octanol–water partition coefficient (Wildman–Crippen LogP) is 2.47. The predicted molar refractivity (Wildman–Crippen MR) is 51.8 cm³/mol. The normalized spacial score (nSPS) is 37.9. The second-order valence-corrected chi connectivity index (χ2v) is 4.47. The van der Waals surface area contributed by atoms with Gasteiger partial charge >= 0.3 is 0 Å². The Balaban J connectivity index is 1.83. The lowest BCUT2D eigenvalue weighted by atomic mass is 9.82. The first-order chi connectivity index (χ1) is 5.85. The van der Waals surface area contributed by atoms with Crippen molar-refractivity contribution >= 4 is 0 Å². The molecule has 2 N–H and O–H groups in total. The van der Waals surface area contributed by atoms with Crippen LogP contribution in [0.15, 0.2) is 12.2 Å².